The van der Waals surface area contributed by atoms with Gasteiger partial charge in [-0.1, -0.05) is 48.5 Å². The summed E-state index contributed by atoms with van der Waals surface area (Å²) < 4.78 is 6.39. The Balaban J connectivity index is 1.64. The molecule has 1 amide bonds. The van der Waals surface area contributed by atoms with E-state index in [1.165, 1.54) is 4.68 Å². The first-order valence-corrected chi connectivity index (χ1v) is 9.41. The molecule has 0 bridgehead atoms. The van der Waals surface area contributed by atoms with E-state index in [0.717, 1.165) is 11.3 Å². The lowest BCUT2D eigenvalue weighted by Gasteiger charge is -2.15. The molecule has 1 aromatic heterocycles. The van der Waals surface area contributed by atoms with Crippen molar-refractivity contribution in [3.63, 3.8) is 0 Å². The van der Waals surface area contributed by atoms with Crippen LogP contribution in [0.15, 0.2) is 83.7 Å². The molecule has 2 N–H and O–H groups in total. The average Bonchev–Trinajstić information content (AvgIpc) is 2.80. The normalized spacial score (nSPS) is 10.6. The first-order chi connectivity index (χ1) is 14.7. The van der Waals surface area contributed by atoms with Crippen LogP contribution in [0.2, 0.25) is 0 Å². The number of anilines is 1. The zero-order chi connectivity index (χ0) is 20.9. The van der Waals surface area contributed by atoms with Gasteiger partial charge in [-0.3, -0.25) is 15.0 Å². The molecular weight excluding hydrogens is 380 g/mol. The summed E-state index contributed by atoms with van der Waals surface area (Å²) in [5.74, 6) is 0.671. The molecule has 0 saturated carbocycles. The number of amides is 1. The van der Waals surface area contributed by atoms with Crippen molar-refractivity contribution < 1.29 is 9.53 Å². The number of nitrogens with zero attached hydrogens (tertiary/aromatic N) is 2. The van der Waals surface area contributed by atoms with Crippen LogP contribution in [0, 0.1) is 0 Å². The van der Waals surface area contributed by atoms with E-state index in [1.807, 2.05) is 54.6 Å². The van der Waals surface area contributed by atoms with Crippen molar-refractivity contribution >= 4 is 22.5 Å². The Morgan fingerprint density at radius 2 is 1.77 bits per heavy atom. The third-order valence-electron chi connectivity index (χ3n) is 4.57. The maximum absolute atomic E-state index is 13.1. The van der Waals surface area contributed by atoms with Crippen molar-refractivity contribution in [2.75, 3.05) is 24.4 Å². The van der Waals surface area contributed by atoms with Crippen LogP contribution in [0.5, 0.6) is 5.75 Å². The summed E-state index contributed by atoms with van der Waals surface area (Å²) in [7, 11) is 1.58. The van der Waals surface area contributed by atoms with Gasteiger partial charge >= 0.3 is 0 Å². The van der Waals surface area contributed by atoms with Crippen LogP contribution in [0.1, 0.15) is 0 Å². The lowest BCUT2D eigenvalue weighted by atomic mass is 10.2. The van der Waals surface area contributed by atoms with Gasteiger partial charge in [0.25, 0.3) is 11.5 Å². The number of methoxy groups -OCH3 is 1. The molecule has 1 heterocycles. The number of ether oxygens (including phenoxy) is 1. The lowest BCUT2D eigenvalue weighted by Crippen LogP contribution is -2.37. The minimum atomic E-state index is -0.380. The largest absolute Gasteiger partial charge is 0.497 e. The third kappa shape index (κ3) is 4.00. The molecule has 4 rings (SSSR count). The highest BCUT2D eigenvalue weighted by molar-refractivity contribution is 5.89. The van der Waals surface area contributed by atoms with Gasteiger partial charge in [0.05, 0.1) is 24.6 Å². The Bertz CT molecular complexity index is 1250. The predicted octanol–water partition coefficient (Wildman–Crippen LogP) is 3.25. The number of carbonyl (C=O) groups excluding carboxylic acids is 1. The molecule has 0 atom stereocenters. The number of nitrogens with one attached hydrogen (secondary N) is 2. The van der Waals surface area contributed by atoms with E-state index in [-0.39, 0.29) is 18.0 Å². The van der Waals surface area contributed by atoms with Gasteiger partial charge in [0.1, 0.15) is 5.75 Å². The molecule has 7 nitrogen and oxygen atoms in total. The van der Waals surface area contributed by atoms with Crippen LogP contribution >= 0.6 is 0 Å². The summed E-state index contributed by atoms with van der Waals surface area (Å²) in [5.41, 5.74) is 4.37. The van der Waals surface area contributed by atoms with E-state index in [1.54, 1.807) is 31.4 Å². The maximum atomic E-state index is 13.1. The number of para-hydroxylation sites is 1. The van der Waals surface area contributed by atoms with E-state index in [2.05, 4.69) is 15.7 Å². The van der Waals surface area contributed by atoms with Gasteiger partial charge in [-0.2, -0.15) is 4.68 Å². The topological polar surface area (TPSA) is 85.2 Å². The fourth-order valence-electron chi connectivity index (χ4n) is 3.10. The van der Waals surface area contributed by atoms with E-state index in [9.17, 15) is 9.59 Å². The van der Waals surface area contributed by atoms with Crippen LogP contribution in [0.3, 0.4) is 0 Å². The molecule has 0 unspecified atom stereocenters. The summed E-state index contributed by atoms with van der Waals surface area (Å²) in [6, 6.07) is 23.6. The molecule has 7 heteroatoms. The van der Waals surface area contributed by atoms with Crippen LogP contribution in [-0.2, 0) is 4.79 Å². The Morgan fingerprint density at radius 3 is 2.57 bits per heavy atom. The lowest BCUT2D eigenvalue weighted by molar-refractivity contribution is -0.115. The van der Waals surface area contributed by atoms with Crippen molar-refractivity contribution in [2.24, 2.45) is 0 Å². The summed E-state index contributed by atoms with van der Waals surface area (Å²) in [5, 5.41) is 3.46. The molecule has 0 aliphatic rings. The van der Waals surface area contributed by atoms with Gasteiger partial charge in [-0.05, 0) is 24.3 Å². The van der Waals surface area contributed by atoms with Gasteiger partial charge in [0, 0.05) is 17.3 Å². The SMILES string of the molecule is COc1cccc(NCC(=O)Nn2c(-c3ccccc3)nc3ccccc3c2=O)c1. The summed E-state index contributed by atoms with van der Waals surface area (Å²) in [4.78, 5) is 30.3. The first-order valence-electron chi connectivity index (χ1n) is 9.41. The summed E-state index contributed by atoms with van der Waals surface area (Å²) in [6.07, 6.45) is 0. The Morgan fingerprint density at radius 1 is 1.00 bits per heavy atom. The molecule has 0 fully saturated rings. The van der Waals surface area contributed by atoms with Crippen molar-refractivity contribution in [1.82, 2.24) is 9.66 Å². The highest BCUT2D eigenvalue weighted by Crippen LogP contribution is 2.18. The molecule has 4 aromatic rings. The fraction of sp³-hybridized carbons (Fsp3) is 0.0870. The van der Waals surface area contributed by atoms with E-state index < -0.39 is 0 Å². The number of rotatable bonds is 6. The number of carbonyl (C=O) groups is 1. The standard InChI is InChI=1S/C23H20N4O3/c1-30-18-11-7-10-17(14-18)24-15-21(28)26-27-22(16-8-3-2-4-9-16)25-20-13-6-5-12-19(20)23(27)29/h2-14,24H,15H2,1H3,(H,26,28). The molecule has 0 aliphatic heterocycles. The van der Waals surface area contributed by atoms with Gasteiger partial charge in [-0.25, -0.2) is 4.98 Å². The van der Waals surface area contributed by atoms with Crippen molar-refractivity contribution in [3.05, 3.63) is 89.2 Å². The third-order valence-corrected chi connectivity index (χ3v) is 4.57. The molecule has 3 aromatic carbocycles. The monoisotopic (exact) mass is 400 g/mol. The molecule has 0 spiro atoms. The molecule has 0 saturated heterocycles. The second kappa shape index (κ2) is 8.48. The average molecular weight is 400 g/mol. The van der Waals surface area contributed by atoms with Crippen LogP contribution in [-0.4, -0.2) is 29.2 Å². The van der Waals surface area contributed by atoms with E-state index in [0.29, 0.717) is 22.5 Å². The quantitative estimate of drug-likeness (QED) is 0.519. The number of aromatic nitrogens is 2. The molecule has 0 radical (unpaired) electrons. The molecule has 0 aliphatic carbocycles. The second-order valence-electron chi connectivity index (χ2n) is 6.58. The van der Waals surface area contributed by atoms with E-state index in [4.69, 9.17) is 4.74 Å². The van der Waals surface area contributed by atoms with Gasteiger partial charge < -0.3 is 10.1 Å². The number of fused-ring (bicyclic) bond motifs is 1. The maximum Gasteiger partial charge on any atom is 0.280 e. The highest BCUT2D eigenvalue weighted by Gasteiger charge is 2.14. The van der Waals surface area contributed by atoms with Crippen molar-refractivity contribution in [1.29, 1.82) is 0 Å². The first kappa shape index (κ1) is 19.2. The van der Waals surface area contributed by atoms with Crippen LogP contribution < -0.4 is 21.0 Å². The molecule has 30 heavy (non-hydrogen) atoms. The molecular formula is C23H20N4O3. The second-order valence-corrected chi connectivity index (χ2v) is 6.58. The number of benzene rings is 3. The summed E-state index contributed by atoms with van der Waals surface area (Å²) in [6.45, 7) is -0.0271. The fourth-order valence-corrected chi connectivity index (χ4v) is 3.10. The smallest absolute Gasteiger partial charge is 0.280 e. The van der Waals surface area contributed by atoms with Crippen molar-refractivity contribution in [3.8, 4) is 17.1 Å². The summed E-state index contributed by atoms with van der Waals surface area (Å²) >= 11 is 0. The van der Waals surface area contributed by atoms with Crippen LogP contribution in [0.25, 0.3) is 22.3 Å². The molecule has 150 valence electrons. The van der Waals surface area contributed by atoms with E-state index >= 15 is 0 Å². The number of hydrogen-bond donors (Lipinski definition) is 2. The number of hydrogen-bond acceptors (Lipinski definition) is 5. The van der Waals surface area contributed by atoms with Crippen LogP contribution in [0.4, 0.5) is 5.69 Å². The Labute approximate surface area is 172 Å². The highest BCUT2D eigenvalue weighted by atomic mass is 16.5. The zero-order valence-corrected chi connectivity index (χ0v) is 16.3. The minimum Gasteiger partial charge on any atom is -0.497 e. The Kier molecular flexibility index (Phi) is 5.43. The van der Waals surface area contributed by atoms with Gasteiger partial charge in [-0.15, -0.1) is 0 Å². The zero-order valence-electron chi connectivity index (χ0n) is 16.3. The Hall–Kier alpha value is -4.13. The van der Waals surface area contributed by atoms with Gasteiger partial charge in [0.2, 0.25) is 0 Å². The predicted molar refractivity (Wildman–Crippen MR) is 117 cm³/mol. The van der Waals surface area contributed by atoms with Gasteiger partial charge in [0.15, 0.2) is 5.82 Å². The van der Waals surface area contributed by atoms with Crippen molar-refractivity contribution in [2.45, 2.75) is 0 Å². The minimum absolute atomic E-state index is 0.0271.